The van der Waals surface area contributed by atoms with Gasteiger partial charge in [0.15, 0.2) is 0 Å². The molecule has 0 fully saturated rings. The fraction of sp³-hybridized carbons (Fsp3) is 0.688. The second kappa shape index (κ2) is 10.8. The maximum atomic E-state index is 12.1. The number of imidazole rings is 1. The van der Waals surface area contributed by atoms with Gasteiger partial charge in [-0.1, -0.05) is 33.1 Å². The summed E-state index contributed by atoms with van der Waals surface area (Å²) in [5, 5.41) is 2.78. The summed E-state index contributed by atoms with van der Waals surface area (Å²) >= 11 is 0. The van der Waals surface area contributed by atoms with Crippen LogP contribution < -0.4 is 5.32 Å². The Hall–Kier alpha value is -1.85. The standard InChI is InChI=1S/C16H27N3O3/c1-3-5-7-8-15(20)19-14(10-13-11-17-12-18-13)16(21)22-9-6-4-2/h11-12,14H,3-10H2,1-2H3,(H,17,18)(H,19,20)/t14-/m0/s1. The zero-order valence-corrected chi connectivity index (χ0v) is 13.6. The van der Waals surface area contributed by atoms with Gasteiger partial charge < -0.3 is 15.0 Å². The number of carbonyl (C=O) groups is 2. The lowest BCUT2D eigenvalue weighted by molar-refractivity contribution is -0.148. The van der Waals surface area contributed by atoms with Crippen molar-refractivity contribution >= 4 is 11.9 Å². The first-order chi connectivity index (χ1) is 10.7. The van der Waals surface area contributed by atoms with Crippen LogP contribution in [0, 0.1) is 0 Å². The molecular formula is C16H27N3O3. The molecule has 0 saturated carbocycles. The van der Waals surface area contributed by atoms with Crippen molar-refractivity contribution in [2.45, 2.75) is 64.8 Å². The van der Waals surface area contributed by atoms with Crippen LogP contribution in [0.1, 0.15) is 58.1 Å². The van der Waals surface area contributed by atoms with E-state index in [4.69, 9.17) is 4.74 Å². The summed E-state index contributed by atoms with van der Waals surface area (Å²) < 4.78 is 5.23. The molecule has 0 radical (unpaired) electrons. The first-order valence-corrected chi connectivity index (χ1v) is 8.10. The van der Waals surface area contributed by atoms with E-state index in [-0.39, 0.29) is 11.9 Å². The Kier molecular flexibility index (Phi) is 8.95. The van der Waals surface area contributed by atoms with Gasteiger partial charge in [0.25, 0.3) is 0 Å². The van der Waals surface area contributed by atoms with E-state index < -0.39 is 6.04 Å². The lowest BCUT2D eigenvalue weighted by Gasteiger charge is -2.17. The van der Waals surface area contributed by atoms with Gasteiger partial charge in [0.05, 0.1) is 12.9 Å². The van der Waals surface area contributed by atoms with Crippen LogP contribution in [0.25, 0.3) is 0 Å². The van der Waals surface area contributed by atoms with Crippen LogP contribution in [-0.2, 0) is 20.7 Å². The molecule has 0 aliphatic heterocycles. The van der Waals surface area contributed by atoms with Gasteiger partial charge in [-0.05, 0) is 12.8 Å². The number of amides is 1. The Morgan fingerprint density at radius 1 is 1.27 bits per heavy atom. The number of aromatic amines is 1. The molecule has 6 nitrogen and oxygen atoms in total. The molecule has 1 atom stereocenters. The van der Waals surface area contributed by atoms with E-state index in [0.29, 0.717) is 19.4 Å². The molecule has 22 heavy (non-hydrogen) atoms. The fourth-order valence-corrected chi connectivity index (χ4v) is 2.03. The highest BCUT2D eigenvalue weighted by molar-refractivity contribution is 5.84. The summed E-state index contributed by atoms with van der Waals surface area (Å²) in [7, 11) is 0. The molecule has 0 aromatic carbocycles. The minimum Gasteiger partial charge on any atom is -0.464 e. The van der Waals surface area contributed by atoms with E-state index in [9.17, 15) is 9.59 Å². The van der Waals surface area contributed by atoms with Crippen molar-refractivity contribution in [1.82, 2.24) is 15.3 Å². The zero-order valence-electron chi connectivity index (χ0n) is 13.6. The van der Waals surface area contributed by atoms with Gasteiger partial charge in [-0.25, -0.2) is 9.78 Å². The van der Waals surface area contributed by atoms with Crippen molar-refractivity contribution in [3.8, 4) is 0 Å². The van der Waals surface area contributed by atoms with Gasteiger partial charge in [-0.3, -0.25) is 4.79 Å². The Morgan fingerprint density at radius 3 is 2.68 bits per heavy atom. The third-order valence-corrected chi connectivity index (χ3v) is 3.35. The largest absolute Gasteiger partial charge is 0.464 e. The smallest absolute Gasteiger partial charge is 0.329 e. The van der Waals surface area contributed by atoms with E-state index in [1.165, 1.54) is 0 Å². The molecule has 2 N–H and O–H groups in total. The molecule has 1 heterocycles. The predicted molar refractivity (Wildman–Crippen MR) is 84.2 cm³/mol. The highest BCUT2D eigenvalue weighted by Crippen LogP contribution is 2.04. The Labute approximate surface area is 132 Å². The molecule has 0 unspecified atom stereocenters. The second-order valence-electron chi connectivity index (χ2n) is 5.38. The molecule has 1 rings (SSSR count). The van der Waals surface area contributed by atoms with E-state index in [0.717, 1.165) is 37.8 Å². The highest BCUT2D eigenvalue weighted by Gasteiger charge is 2.23. The number of rotatable bonds is 11. The van der Waals surface area contributed by atoms with Gasteiger partial charge in [-0.2, -0.15) is 0 Å². The number of nitrogens with zero attached hydrogens (tertiary/aromatic N) is 1. The van der Waals surface area contributed by atoms with Crippen LogP contribution in [0.5, 0.6) is 0 Å². The minimum absolute atomic E-state index is 0.106. The number of hydrogen-bond donors (Lipinski definition) is 2. The molecule has 1 aromatic rings. The summed E-state index contributed by atoms with van der Waals surface area (Å²) in [5.41, 5.74) is 0.797. The molecule has 124 valence electrons. The molecule has 0 aliphatic rings. The summed E-state index contributed by atoms with van der Waals surface area (Å²) in [4.78, 5) is 31.0. The van der Waals surface area contributed by atoms with Crippen LogP contribution in [0.4, 0.5) is 0 Å². The quantitative estimate of drug-likeness (QED) is 0.485. The SMILES string of the molecule is CCCCCC(=O)N[C@@H](Cc1cnc[nH]1)C(=O)OCCCC. The van der Waals surface area contributed by atoms with Crippen molar-refractivity contribution < 1.29 is 14.3 Å². The van der Waals surface area contributed by atoms with E-state index in [1.807, 2.05) is 6.92 Å². The number of H-pyrrole nitrogens is 1. The summed E-state index contributed by atoms with van der Waals surface area (Å²) in [6, 6.07) is -0.661. The van der Waals surface area contributed by atoms with Gasteiger partial charge >= 0.3 is 5.97 Å². The third-order valence-electron chi connectivity index (χ3n) is 3.35. The molecule has 6 heteroatoms. The Morgan fingerprint density at radius 2 is 2.05 bits per heavy atom. The molecule has 1 amide bonds. The number of aromatic nitrogens is 2. The molecule has 0 bridgehead atoms. The van der Waals surface area contributed by atoms with Crippen molar-refractivity contribution in [3.63, 3.8) is 0 Å². The van der Waals surface area contributed by atoms with E-state index >= 15 is 0 Å². The van der Waals surface area contributed by atoms with Gasteiger partial charge in [0.2, 0.25) is 5.91 Å². The first-order valence-electron chi connectivity index (χ1n) is 8.10. The summed E-state index contributed by atoms with van der Waals surface area (Å²) in [6.45, 7) is 4.51. The normalized spacial score (nSPS) is 11.9. The van der Waals surface area contributed by atoms with Crippen LogP contribution in [-0.4, -0.2) is 34.5 Å². The monoisotopic (exact) mass is 309 g/mol. The van der Waals surface area contributed by atoms with Crippen LogP contribution in [0.3, 0.4) is 0 Å². The molecule has 0 aliphatic carbocycles. The highest BCUT2D eigenvalue weighted by atomic mass is 16.5. The topological polar surface area (TPSA) is 84.1 Å². The van der Waals surface area contributed by atoms with Crippen LogP contribution in [0.15, 0.2) is 12.5 Å². The number of ether oxygens (including phenoxy) is 1. The lowest BCUT2D eigenvalue weighted by Crippen LogP contribution is -2.43. The van der Waals surface area contributed by atoms with Crippen molar-refractivity contribution in [2.75, 3.05) is 6.61 Å². The number of esters is 1. The third kappa shape index (κ3) is 7.24. The summed E-state index contributed by atoms with van der Waals surface area (Å²) in [5.74, 6) is -0.489. The Bertz CT molecular complexity index is 432. The number of unbranched alkanes of at least 4 members (excludes halogenated alkanes) is 3. The molecule has 1 aromatic heterocycles. The van der Waals surface area contributed by atoms with Gasteiger partial charge in [0, 0.05) is 24.7 Å². The maximum Gasteiger partial charge on any atom is 0.329 e. The first kappa shape index (κ1) is 18.2. The molecule has 0 spiro atoms. The maximum absolute atomic E-state index is 12.1. The lowest BCUT2D eigenvalue weighted by atomic mass is 10.1. The summed E-state index contributed by atoms with van der Waals surface area (Å²) in [6.07, 6.45) is 8.70. The second-order valence-corrected chi connectivity index (χ2v) is 5.38. The fourth-order valence-electron chi connectivity index (χ4n) is 2.03. The number of carbonyl (C=O) groups excluding carboxylic acids is 2. The minimum atomic E-state index is -0.661. The molecule has 0 saturated heterocycles. The molecular weight excluding hydrogens is 282 g/mol. The average molecular weight is 309 g/mol. The average Bonchev–Trinajstić information content (AvgIpc) is 3.00. The zero-order chi connectivity index (χ0) is 16.2. The van der Waals surface area contributed by atoms with Crippen LogP contribution in [0.2, 0.25) is 0 Å². The van der Waals surface area contributed by atoms with Crippen LogP contribution >= 0.6 is 0 Å². The number of nitrogens with one attached hydrogen (secondary N) is 2. The van der Waals surface area contributed by atoms with E-state index in [2.05, 4.69) is 22.2 Å². The van der Waals surface area contributed by atoms with E-state index in [1.54, 1.807) is 12.5 Å². The number of hydrogen-bond acceptors (Lipinski definition) is 4. The Balaban J connectivity index is 2.53. The predicted octanol–water partition coefficient (Wildman–Crippen LogP) is 2.36. The van der Waals surface area contributed by atoms with Crippen molar-refractivity contribution in [1.29, 1.82) is 0 Å². The van der Waals surface area contributed by atoms with Gasteiger partial charge in [0.1, 0.15) is 6.04 Å². The van der Waals surface area contributed by atoms with Gasteiger partial charge in [-0.15, -0.1) is 0 Å². The van der Waals surface area contributed by atoms with Crippen molar-refractivity contribution in [3.05, 3.63) is 18.2 Å². The van der Waals surface area contributed by atoms with Crippen molar-refractivity contribution in [2.24, 2.45) is 0 Å².